The minimum absolute atomic E-state index is 0.124. The number of hydrogen-bond donors (Lipinski definition) is 1. The summed E-state index contributed by atoms with van der Waals surface area (Å²) in [6.07, 6.45) is -0.333. The highest BCUT2D eigenvalue weighted by Gasteiger charge is 2.34. The minimum atomic E-state index is -4.21. The number of alkyl halides is 3. The second kappa shape index (κ2) is 6.21. The van der Waals surface area contributed by atoms with Crippen LogP contribution in [0, 0.1) is 5.92 Å². The highest BCUT2D eigenvalue weighted by molar-refractivity contribution is 4.89. The van der Waals surface area contributed by atoms with Crippen LogP contribution < -0.4 is 5.32 Å². The summed E-state index contributed by atoms with van der Waals surface area (Å²) in [5.74, 6) is 0.646. The van der Waals surface area contributed by atoms with Crippen LogP contribution in [0.2, 0.25) is 0 Å². The number of likely N-dealkylation sites (tertiary alicyclic amines) is 1. The molecule has 0 spiro atoms. The Morgan fingerprint density at radius 2 is 2.00 bits per heavy atom. The predicted molar refractivity (Wildman–Crippen MR) is 62.4 cm³/mol. The van der Waals surface area contributed by atoms with Crippen LogP contribution in [0.25, 0.3) is 0 Å². The molecule has 2 rings (SSSR count). The molecule has 2 fully saturated rings. The second-order valence-electron chi connectivity index (χ2n) is 5.25. The topological polar surface area (TPSA) is 24.5 Å². The Morgan fingerprint density at radius 3 is 2.67 bits per heavy atom. The number of hydrogen-bond acceptors (Lipinski definition) is 3. The Kier molecular flexibility index (Phi) is 4.86. The Morgan fingerprint density at radius 1 is 1.22 bits per heavy atom. The summed E-state index contributed by atoms with van der Waals surface area (Å²) in [5, 5.41) is 3.17. The van der Waals surface area contributed by atoms with E-state index < -0.39 is 12.8 Å². The molecule has 6 heteroatoms. The van der Waals surface area contributed by atoms with Gasteiger partial charge in [-0.15, -0.1) is 0 Å². The summed E-state index contributed by atoms with van der Waals surface area (Å²) < 4.78 is 39.9. The van der Waals surface area contributed by atoms with Crippen LogP contribution in [0.4, 0.5) is 13.2 Å². The molecule has 0 aromatic heterocycles. The Labute approximate surface area is 106 Å². The van der Waals surface area contributed by atoms with E-state index >= 15 is 0 Å². The van der Waals surface area contributed by atoms with Crippen LogP contribution in [0.15, 0.2) is 0 Å². The number of rotatable bonds is 7. The Balaban J connectivity index is 1.44. The highest BCUT2D eigenvalue weighted by Crippen LogP contribution is 2.31. The molecule has 1 saturated carbocycles. The Hall–Kier alpha value is -0.330. The molecular weight excluding hydrogens is 245 g/mol. The van der Waals surface area contributed by atoms with Crippen LogP contribution in [-0.2, 0) is 4.74 Å². The maximum Gasteiger partial charge on any atom is 0.411 e. The molecule has 1 atom stereocenters. The van der Waals surface area contributed by atoms with Gasteiger partial charge in [-0.3, -0.25) is 0 Å². The Bertz CT molecular complexity index is 256. The first-order valence-corrected chi connectivity index (χ1v) is 6.64. The summed E-state index contributed by atoms with van der Waals surface area (Å²) in [7, 11) is 0. The van der Waals surface area contributed by atoms with Gasteiger partial charge in [0.05, 0.1) is 6.61 Å². The summed E-state index contributed by atoms with van der Waals surface area (Å²) in [4.78, 5) is 2.53. The highest BCUT2D eigenvalue weighted by atomic mass is 19.4. The molecule has 1 heterocycles. The maximum atomic E-state index is 11.8. The molecule has 3 nitrogen and oxygen atoms in total. The first-order chi connectivity index (χ1) is 8.54. The maximum absolute atomic E-state index is 11.8. The van der Waals surface area contributed by atoms with Gasteiger partial charge in [0.15, 0.2) is 0 Å². The van der Waals surface area contributed by atoms with Gasteiger partial charge in [0, 0.05) is 19.1 Å². The van der Waals surface area contributed by atoms with E-state index in [2.05, 4.69) is 15.0 Å². The van der Waals surface area contributed by atoms with Crippen molar-refractivity contribution < 1.29 is 17.9 Å². The fraction of sp³-hybridized carbons (Fsp3) is 1.00. The number of nitrogens with zero attached hydrogens (tertiary/aromatic N) is 1. The summed E-state index contributed by atoms with van der Waals surface area (Å²) in [6, 6.07) is 0.824. The van der Waals surface area contributed by atoms with Gasteiger partial charge in [-0.25, -0.2) is 0 Å². The van der Waals surface area contributed by atoms with E-state index in [1.807, 2.05) is 0 Å². The fourth-order valence-electron chi connectivity index (χ4n) is 2.44. The van der Waals surface area contributed by atoms with Gasteiger partial charge in [0.1, 0.15) is 6.61 Å². The van der Waals surface area contributed by atoms with Crippen molar-refractivity contribution in [2.75, 3.05) is 39.4 Å². The van der Waals surface area contributed by atoms with Gasteiger partial charge < -0.3 is 15.0 Å². The SMILES string of the molecule is FC(F)(F)COCCNCC1CCN(C2CC2)C1. The van der Waals surface area contributed by atoms with E-state index in [4.69, 9.17) is 0 Å². The zero-order valence-corrected chi connectivity index (χ0v) is 10.5. The average Bonchev–Trinajstić information content (AvgIpc) is 3.03. The van der Waals surface area contributed by atoms with Crippen molar-refractivity contribution in [3.63, 3.8) is 0 Å². The molecule has 0 bridgehead atoms. The largest absolute Gasteiger partial charge is 0.411 e. The zero-order valence-electron chi connectivity index (χ0n) is 10.5. The van der Waals surface area contributed by atoms with Crippen LogP contribution in [0.1, 0.15) is 19.3 Å². The van der Waals surface area contributed by atoms with E-state index in [-0.39, 0.29) is 6.61 Å². The van der Waals surface area contributed by atoms with Crippen molar-refractivity contribution in [1.29, 1.82) is 0 Å². The molecule has 2 aliphatic rings. The first-order valence-electron chi connectivity index (χ1n) is 6.64. The van der Waals surface area contributed by atoms with Gasteiger partial charge in [-0.05, 0) is 38.3 Å². The van der Waals surface area contributed by atoms with Crippen LogP contribution in [-0.4, -0.2) is 56.5 Å². The molecule has 0 amide bonds. The fourth-order valence-corrected chi connectivity index (χ4v) is 2.44. The van der Waals surface area contributed by atoms with Crippen molar-refractivity contribution in [3.8, 4) is 0 Å². The lowest BCUT2D eigenvalue weighted by Crippen LogP contribution is -2.30. The van der Waals surface area contributed by atoms with Gasteiger partial charge in [0.2, 0.25) is 0 Å². The molecule has 0 aromatic carbocycles. The van der Waals surface area contributed by atoms with Gasteiger partial charge in [-0.1, -0.05) is 0 Å². The average molecular weight is 266 g/mol. The molecule has 1 N–H and O–H groups in total. The molecular formula is C12H21F3N2O. The van der Waals surface area contributed by atoms with Crippen molar-refractivity contribution in [3.05, 3.63) is 0 Å². The molecule has 0 aromatic rings. The zero-order chi connectivity index (χ0) is 13.0. The second-order valence-corrected chi connectivity index (χ2v) is 5.25. The molecule has 106 valence electrons. The first kappa shape index (κ1) is 14.1. The summed E-state index contributed by atoms with van der Waals surface area (Å²) in [5.41, 5.74) is 0. The number of ether oxygens (including phenoxy) is 1. The lowest BCUT2D eigenvalue weighted by Gasteiger charge is -2.15. The van der Waals surface area contributed by atoms with Crippen molar-refractivity contribution >= 4 is 0 Å². The predicted octanol–water partition coefficient (Wildman–Crippen LogP) is 1.64. The molecule has 1 aliphatic heterocycles. The number of halogens is 3. The van der Waals surface area contributed by atoms with Crippen molar-refractivity contribution in [1.82, 2.24) is 10.2 Å². The van der Waals surface area contributed by atoms with E-state index in [0.29, 0.717) is 12.5 Å². The van der Waals surface area contributed by atoms with Crippen molar-refractivity contribution in [2.24, 2.45) is 5.92 Å². The quantitative estimate of drug-likeness (QED) is 0.709. The molecule has 1 aliphatic carbocycles. The standard InChI is InChI=1S/C12H21F3N2O/c13-12(14,15)9-18-6-4-16-7-10-3-5-17(8-10)11-1-2-11/h10-11,16H,1-9H2. The molecule has 18 heavy (non-hydrogen) atoms. The molecule has 1 unspecified atom stereocenters. The number of nitrogens with one attached hydrogen (secondary N) is 1. The monoisotopic (exact) mass is 266 g/mol. The third kappa shape index (κ3) is 5.12. The van der Waals surface area contributed by atoms with Crippen LogP contribution >= 0.6 is 0 Å². The van der Waals surface area contributed by atoms with Gasteiger partial charge in [-0.2, -0.15) is 13.2 Å². The van der Waals surface area contributed by atoms with Crippen LogP contribution in [0.3, 0.4) is 0 Å². The minimum Gasteiger partial charge on any atom is -0.371 e. The van der Waals surface area contributed by atoms with Crippen molar-refractivity contribution in [2.45, 2.75) is 31.5 Å². The smallest absolute Gasteiger partial charge is 0.371 e. The van der Waals surface area contributed by atoms with E-state index in [1.54, 1.807) is 0 Å². The molecule has 0 radical (unpaired) electrons. The third-order valence-electron chi connectivity index (χ3n) is 3.50. The van der Waals surface area contributed by atoms with Crippen LogP contribution in [0.5, 0.6) is 0 Å². The van der Waals surface area contributed by atoms with Gasteiger partial charge in [0.25, 0.3) is 0 Å². The summed E-state index contributed by atoms with van der Waals surface area (Å²) in [6.45, 7) is 2.68. The van der Waals surface area contributed by atoms with E-state index in [1.165, 1.54) is 25.8 Å². The normalized spacial score (nSPS) is 25.8. The third-order valence-corrected chi connectivity index (χ3v) is 3.50. The summed E-state index contributed by atoms with van der Waals surface area (Å²) >= 11 is 0. The molecule has 1 saturated heterocycles. The lowest BCUT2D eigenvalue weighted by atomic mass is 10.1. The lowest BCUT2D eigenvalue weighted by molar-refractivity contribution is -0.173. The van der Waals surface area contributed by atoms with Gasteiger partial charge >= 0.3 is 6.18 Å². The van der Waals surface area contributed by atoms with E-state index in [0.717, 1.165) is 19.1 Å². The van der Waals surface area contributed by atoms with E-state index in [9.17, 15) is 13.2 Å².